The molecule has 1 saturated heterocycles. The highest BCUT2D eigenvalue weighted by atomic mass is 32.2. The fourth-order valence-corrected chi connectivity index (χ4v) is 6.22. The maximum Gasteiger partial charge on any atom is 0.308 e. The number of rotatable bonds is 7. The van der Waals surface area contributed by atoms with Crippen molar-refractivity contribution in [2.75, 3.05) is 26.7 Å². The Balaban J connectivity index is 1.61. The van der Waals surface area contributed by atoms with Crippen molar-refractivity contribution in [3.8, 4) is 5.75 Å². The van der Waals surface area contributed by atoms with Gasteiger partial charge in [-0.2, -0.15) is 12.7 Å². The van der Waals surface area contributed by atoms with Gasteiger partial charge in [-0.1, -0.05) is 24.3 Å². The number of carbonyl (C=O) groups excluding carboxylic acids is 1. The van der Waals surface area contributed by atoms with E-state index in [-0.39, 0.29) is 24.8 Å². The minimum Gasteiger partial charge on any atom is -0.496 e. The summed E-state index contributed by atoms with van der Waals surface area (Å²) >= 11 is 0. The average Bonchev–Trinajstić information content (AvgIpc) is 3.17. The van der Waals surface area contributed by atoms with E-state index in [4.69, 9.17) is 4.74 Å². The van der Waals surface area contributed by atoms with E-state index < -0.39 is 15.6 Å². The van der Waals surface area contributed by atoms with E-state index >= 15 is 0 Å². The third-order valence-corrected chi connectivity index (χ3v) is 8.54. The first kappa shape index (κ1) is 24.9. The van der Waals surface area contributed by atoms with Gasteiger partial charge < -0.3 is 10.1 Å². The maximum absolute atomic E-state index is 14.2. The quantitative estimate of drug-likeness (QED) is 0.537. The van der Waals surface area contributed by atoms with Crippen molar-refractivity contribution in [3.05, 3.63) is 83.7 Å². The predicted molar refractivity (Wildman–Crippen MR) is 130 cm³/mol. The highest BCUT2D eigenvalue weighted by Crippen LogP contribution is 2.36. The van der Waals surface area contributed by atoms with E-state index in [1.54, 1.807) is 37.3 Å². The molecule has 1 unspecified atom stereocenters. The summed E-state index contributed by atoms with van der Waals surface area (Å²) in [5.41, 5.74) is 0.488. The number of nitrogens with zero attached hydrogens (tertiary/aromatic N) is 3. The SMILES string of the molecule is COc1ccccc1C(=O)NCC1(c2cccc(F)c2)CCCN(S(=O)(=O)n2ccnc2C)CC1. The van der Waals surface area contributed by atoms with Crippen LogP contribution in [0.5, 0.6) is 5.75 Å². The summed E-state index contributed by atoms with van der Waals surface area (Å²) in [6.07, 6.45) is 4.43. The zero-order valence-electron chi connectivity index (χ0n) is 19.8. The van der Waals surface area contributed by atoms with Gasteiger partial charge in [0.05, 0.1) is 12.7 Å². The van der Waals surface area contributed by atoms with Gasteiger partial charge in [0, 0.05) is 37.4 Å². The van der Waals surface area contributed by atoms with Gasteiger partial charge in [0.2, 0.25) is 0 Å². The van der Waals surface area contributed by atoms with E-state index in [1.807, 2.05) is 6.07 Å². The molecule has 2 aromatic carbocycles. The van der Waals surface area contributed by atoms with E-state index in [0.29, 0.717) is 42.9 Å². The zero-order valence-corrected chi connectivity index (χ0v) is 20.6. The Morgan fingerprint density at radius 1 is 1.17 bits per heavy atom. The first-order chi connectivity index (χ1) is 16.8. The number of nitrogens with one attached hydrogen (secondary N) is 1. The van der Waals surface area contributed by atoms with Crippen LogP contribution in [0.4, 0.5) is 4.39 Å². The number of carbonyl (C=O) groups is 1. The second kappa shape index (κ2) is 10.2. The Bertz CT molecular complexity index is 1310. The number of hydrogen-bond acceptors (Lipinski definition) is 5. The highest BCUT2D eigenvalue weighted by molar-refractivity contribution is 7.87. The molecule has 10 heteroatoms. The molecule has 8 nitrogen and oxygen atoms in total. The molecule has 0 spiro atoms. The van der Waals surface area contributed by atoms with Gasteiger partial charge >= 0.3 is 10.2 Å². The number of halogens is 1. The van der Waals surface area contributed by atoms with Crippen molar-refractivity contribution < 1.29 is 22.3 Å². The minimum absolute atomic E-state index is 0.223. The van der Waals surface area contributed by atoms with E-state index in [2.05, 4.69) is 10.3 Å². The second-order valence-corrected chi connectivity index (χ2v) is 10.5. The van der Waals surface area contributed by atoms with Gasteiger partial charge in [-0.15, -0.1) is 0 Å². The summed E-state index contributed by atoms with van der Waals surface area (Å²) in [5.74, 6) is 0.162. The van der Waals surface area contributed by atoms with E-state index in [9.17, 15) is 17.6 Å². The molecule has 1 aliphatic rings. The average molecular weight is 501 g/mol. The fourth-order valence-electron chi connectivity index (χ4n) is 4.70. The molecule has 0 aliphatic carbocycles. The van der Waals surface area contributed by atoms with Gasteiger partial charge in [0.15, 0.2) is 0 Å². The molecule has 4 rings (SSSR count). The van der Waals surface area contributed by atoms with Gasteiger partial charge in [-0.05, 0) is 56.0 Å². The fraction of sp³-hybridized carbons (Fsp3) is 0.360. The molecule has 1 aliphatic heterocycles. The summed E-state index contributed by atoms with van der Waals surface area (Å²) in [6.45, 7) is 2.41. The summed E-state index contributed by atoms with van der Waals surface area (Å²) in [7, 11) is -2.28. The van der Waals surface area contributed by atoms with Crippen LogP contribution in [0.15, 0.2) is 60.9 Å². The molecule has 1 fully saturated rings. The molecule has 186 valence electrons. The first-order valence-corrected chi connectivity index (χ1v) is 12.8. The molecule has 35 heavy (non-hydrogen) atoms. The van der Waals surface area contributed by atoms with Crippen molar-refractivity contribution in [1.82, 2.24) is 18.6 Å². The number of imidazole rings is 1. The number of amides is 1. The maximum atomic E-state index is 14.2. The van der Waals surface area contributed by atoms with Gasteiger partial charge in [-0.3, -0.25) is 4.79 Å². The van der Waals surface area contributed by atoms with Crippen molar-refractivity contribution in [2.45, 2.75) is 31.6 Å². The van der Waals surface area contributed by atoms with Crippen molar-refractivity contribution in [2.24, 2.45) is 0 Å². The van der Waals surface area contributed by atoms with Gasteiger partial charge in [0.25, 0.3) is 5.91 Å². The van der Waals surface area contributed by atoms with Crippen LogP contribution < -0.4 is 10.1 Å². The standard InChI is InChI=1S/C25H29FN4O4S/c1-19-27-13-16-30(19)35(32,33)29-14-6-11-25(12-15-29,20-7-5-8-21(26)17-20)18-28-24(31)22-9-3-4-10-23(22)34-2/h3-5,7-10,13,16-17H,6,11-12,14-15,18H2,1-2H3,(H,28,31). The van der Waals surface area contributed by atoms with Crippen LogP contribution in [0.2, 0.25) is 0 Å². The van der Waals surface area contributed by atoms with Gasteiger partial charge in [-0.25, -0.2) is 13.3 Å². The highest BCUT2D eigenvalue weighted by Gasteiger charge is 2.38. The molecular weight excluding hydrogens is 471 g/mol. The third-order valence-electron chi connectivity index (χ3n) is 6.64. The monoisotopic (exact) mass is 500 g/mol. The topological polar surface area (TPSA) is 93.5 Å². The summed E-state index contributed by atoms with van der Waals surface area (Å²) in [4.78, 5) is 17.1. The van der Waals surface area contributed by atoms with Crippen molar-refractivity contribution in [3.63, 3.8) is 0 Å². The number of aromatic nitrogens is 2. The summed E-state index contributed by atoms with van der Waals surface area (Å²) in [6, 6.07) is 13.3. The summed E-state index contributed by atoms with van der Waals surface area (Å²) in [5, 5.41) is 3.00. The van der Waals surface area contributed by atoms with Crippen molar-refractivity contribution >= 4 is 16.1 Å². The first-order valence-electron chi connectivity index (χ1n) is 11.4. The molecular formula is C25H29FN4O4S. The molecule has 0 saturated carbocycles. The molecule has 1 N–H and O–H groups in total. The lowest BCUT2D eigenvalue weighted by Gasteiger charge is -2.34. The van der Waals surface area contributed by atoms with E-state index in [1.165, 1.54) is 39.9 Å². The molecule has 1 atom stereocenters. The lowest BCUT2D eigenvalue weighted by molar-refractivity contribution is 0.0937. The Labute approximate surface area is 204 Å². The van der Waals surface area contributed by atoms with Crippen LogP contribution in [-0.2, 0) is 15.6 Å². The Kier molecular flexibility index (Phi) is 7.23. The Morgan fingerprint density at radius 2 is 1.97 bits per heavy atom. The molecule has 2 heterocycles. The minimum atomic E-state index is -3.79. The van der Waals surface area contributed by atoms with Crippen LogP contribution in [0, 0.1) is 12.7 Å². The number of benzene rings is 2. The number of ether oxygens (including phenoxy) is 1. The number of hydrogen-bond donors (Lipinski definition) is 1. The van der Waals surface area contributed by atoms with Crippen LogP contribution in [0.3, 0.4) is 0 Å². The van der Waals surface area contributed by atoms with E-state index in [0.717, 1.165) is 5.56 Å². The molecule has 0 radical (unpaired) electrons. The van der Waals surface area contributed by atoms with Crippen LogP contribution in [-0.4, -0.2) is 54.3 Å². The molecule has 3 aromatic rings. The lowest BCUT2D eigenvalue weighted by Crippen LogP contribution is -2.42. The van der Waals surface area contributed by atoms with Crippen molar-refractivity contribution in [1.29, 1.82) is 0 Å². The number of methoxy groups -OCH3 is 1. The van der Waals surface area contributed by atoms with Crippen LogP contribution in [0.1, 0.15) is 41.0 Å². The third kappa shape index (κ3) is 5.08. The lowest BCUT2D eigenvalue weighted by atomic mass is 9.74. The van der Waals surface area contributed by atoms with Gasteiger partial charge in [0.1, 0.15) is 17.4 Å². The Morgan fingerprint density at radius 3 is 2.69 bits per heavy atom. The smallest absolute Gasteiger partial charge is 0.308 e. The van der Waals surface area contributed by atoms with Crippen LogP contribution >= 0.6 is 0 Å². The molecule has 0 bridgehead atoms. The number of aryl methyl sites for hydroxylation is 1. The number of para-hydroxylation sites is 1. The molecule has 1 aromatic heterocycles. The van der Waals surface area contributed by atoms with Crippen LogP contribution in [0.25, 0.3) is 0 Å². The Hall–Kier alpha value is -3.24. The molecule has 1 amide bonds. The summed E-state index contributed by atoms with van der Waals surface area (Å²) < 4.78 is 48.6. The largest absolute Gasteiger partial charge is 0.496 e. The predicted octanol–water partition coefficient (Wildman–Crippen LogP) is 3.29. The normalized spacial score (nSPS) is 19.2. The zero-order chi connectivity index (χ0) is 25.1. The second-order valence-electron chi connectivity index (χ2n) is 8.70.